The summed E-state index contributed by atoms with van der Waals surface area (Å²) in [5.41, 5.74) is 2.86. The first-order valence-electron chi connectivity index (χ1n) is 13.4. The van der Waals surface area contributed by atoms with Crippen LogP contribution in [0.15, 0.2) is 83.9 Å². The Bertz CT molecular complexity index is 1800. The van der Waals surface area contributed by atoms with E-state index in [4.69, 9.17) is 0 Å². The van der Waals surface area contributed by atoms with Gasteiger partial charge in [-0.25, -0.2) is 13.4 Å². The molecule has 1 aromatic heterocycles. The normalized spacial score (nSPS) is 17.0. The molecule has 0 saturated heterocycles. The van der Waals surface area contributed by atoms with E-state index in [1.807, 2.05) is 28.8 Å². The number of amides is 2. The van der Waals surface area contributed by atoms with E-state index in [1.54, 1.807) is 30.5 Å². The van der Waals surface area contributed by atoms with Crippen LogP contribution < -0.4 is 0 Å². The van der Waals surface area contributed by atoms with Crippen LogP contribution in [0.4, 0.5) is 5.69 Å². The lowest BCUT2D eigenvalue weighted by molar-refractivity contribution is -0.384. The molecule has 42 heavy (non-hydrogen) atoms. The van der Waals surface area contributed by atoms with Gasteiger partial charge in [0.05, 0.1) is 45.4 Å². The first-order valence-corrected chi connectivity index (χ1v) is 14.9. The number of imidazole rings is 1. The van der Waals surface area contributed by atoms with Crippen molar-refractivity contribution in [3.05, 3.63) is 111 Å². The number of nitro groups is 1. The molecule has 2 aliphatic rings. The third-order valence-electron chi connectivity index (χ3n) is 7.84. The molecule has 0 fully saturated rings. The van der Waals surface area contributed by atoms with Crippen LogP contribution in [0.1, 0.15) is 57.8 Å². The Kier molecular flexibility index (Phi) is 6.74. The van der Waals surface area contributed by atoms with E-state index >= 15 is 0 Å². The van der Waals surface area contributed by atoms with Gasteiger partial charge >= 0.3 is 0 Å². The number of hydrogen-bond donors (Lipinski definition) is 0. The molecular formula is C30H27N5O6S. The van der Waals surface area contributed by atoms with Gasteiger partial charge in [0.1, 0.15) is 5.82 Å². The number of carbonyl (C=O) groups excluding carboxylic acids is 2. The van der Waals surface area contributed by atoms with E-state index in [9.17, 15) is 28.1 Å². The molecule has 3 heterocycles. The van der Waals surface area contributed by atoms with Crippen LogP contribution in [0.25, 0.3) is 11.4 Å². The van der Waals surface area contributed by atoms with Gasteiger partial charge in [-0.1, -0.05) is 50.2 Å². The van der Waals surface area contributed by atoms with Gasteiger partial charge < -0.3 is 4.57 Å². The fourth-order valence-corrected chi connectivity index (χ4v) is 7.15. The molecule has 2 amide bonds. The molecule has 214 valence electrons. The molecule has 2 aliphatic heterocycles. The minimum atomic E-state index is -4.19. The Labute approximate surface area is 242 Å². The van der Waals surface area contributed by atoms with Gasteiger partial charge in [-0.05, 0) is 35.7 Å². The molecule has 0 radical (unpaired) electrons. The first kappa shape index (κ1) is 27.5. The Hall–Kier alpha value is -4.68. The summed E-state index contributed by atoms with van der Waals surface area (Å²) in [4.78, 5) is 42.7. The van der Waals surface area contributed by atoms with Gasteiger partial charge in [-0.15, -0.1) is 0 Å². The van der Waals surface area contributed by atoms with Crippen molar-refractivity contribution in [2.24, 2.45) is 0 Å². The summed E-state index contributed by atoms with van der Waals surface area (Å²) in [6.07, 6.45) is 1.59. The summed E-state index contributed by atoms with van der Waals surface area (Å²) in [6, 6.07) is 18.2. The van der Waals surface area contributed by atoms with Crippen LogP contribution in [0.5, 0.6) is 0 Å². The van der Waals surface area contributed by atoms with Crippen molar-refractivity contribution < 1.29 is 22.9 Å². The van der Waals surface area contributed by atoms with Crippen molar-refractivity contribution in [2.45, 2.75) is 37.2 Å². The van der Waals surface area contributed by atoms with Crippen LogP contribution in [-0.4, -0.2) is 57.0 Å². The second kappa shape index (κ2) is 10.3. The van der Waals surface area contributed by atoms with Crippen molar-refractivity contribution >= 4 is 27.5 Å². The monoisotopic (exact) mass is 585 g/mol. The minimum absolute atomic E-state index is 0.0353. The molecule has 3 aromatic carbocycles. The highest BCUT2D eigenvalue weighted by Crippen LogP contribution is 2.37. The van der Waals surface area contributed by atoms with Gasteiger partial charge in [-0.2, -0.15) is 4.31 Å². The average Bonchev–Trinajstić information content (AvgIpc) is 3.53. The standard InChI is InChI=1S/C30H27N5O6S/c1-19(2)20-7-9-21(10-8-20)28-31-17-26-27(18-33-29(36)24-5-3-4-6-25(24)30(33)37)34(16-15-32(26)28)42(40,41)23-13-11-22(12-14-23)35(38)39/h3-14,17,19,27H,15-16,18H2,1-2H3/t27-/m1/s1. The van der Waals surface area contributed by atoms with Crippen LogP contribution in [0.3, 0.4) is 0 Å². The van der Waals surface area contributed by atoms with Crippen molar-refractivity contribution in [3.63, 3.8) is 0 Å². The smallest absolute Gasteiger partial charge is 0.269 e. The molecule has 6 rings (SSSR count). The summed E-state index contributed by atoms with van der Waals surface area (Å²) >= 11 is 0. The summed E-state index contributed by atoms with van der Waals surface area (Å²) in [5.74, 6) is 0.0179. The third kappa shape index (κ3) is 4.48. The highest BCUT2D eigenvalue weighted by atomic mass is 32.2. The summed E-state index contributed by atoms with van der Waals surface area (Å²) < 4.78 is 31.1. The Balaban J connectivity index is 1.42. The van der Waals surface area contributed by atoms with Crippen LogP contribution in [0, 0.1) is 10.1 Å². The quantitative estimate of drug-likeness (QED) is 0.175. The second-order valence-corrected chi connectivity index (χ2v) is 12.5. The lowest BCUT2D eigenvalue weighted by Crippen LogP contribution is -2.47. The summed E-state index contributed by atoms with van der Waals surface area (Å²) in [5, 5.41) is 11.1. The van der Waals surface area contributed by atoms with Crippen LogP contribution in [0.2, 0.25) is 0 Å². The zero-order valence-corrected chi connectivity index (χ0v) is 23.7. The number of nitrogens with zero attached hydrogens (tertiary/aromatic N) is 5. The average molecular weight is 586 g/mol. The first-order chi connectivity index (χ1) is 20.1. The number of fused-ring (bicyclic) bond motifs is 2. The molecule has 0 unspecified atom stereocenters. The number of benzene rings is 3. The third-order valence-corrected chi connectivity index (χ3v) is 9.77. The highest BCUT2D eigenvalue weighted by molar-refractivity contribution is 7.89. The van der Waals surface area contributed by atoms with Crippen molar-refractivity contribution in [1.29, 1.82) is 0 Å². The SMILES string of the molecule is CC(C)c1ccc(-c2ncc3n2CCN(S(=O)(=O)c2ccc([N+](=O)[O-])cc2)[C@@H]3CN2C(=O)c3ccccc3C2=O)cc1. The largest absolute Gasteiger partial charge is 0.325 e. The molecule has 12 heteroatoms. The second-order valence-electron chi connectivity index (χ2n) is 10.6. The van der Waals surface area contributed by atoms with Crippen molar-refractivity contribution in [3.8, 4) is 11.4 Å². The maximum atomic E-state index is 14.0. The van der Waals surface area contributed by atoms with E-state index in [0.29, 0.717) is 17.4 Å². The summed E-state index contributed by atoms with van der Waals surface area (Å²) in [6.45, 7) is 4.30. The predicted molar refractivity (Wildman–Crippen MR) is 153 cm³/mol. The fourth-order valence-electron chi connectivity index (χ4n) is 5.56. The number of carbonyl (C=O) groups is 2. The topological polar surface area (TPSA) is 136 Å². The predicted octanol–water partition coefficient (Wildman–Crippen LogP) is 4.62. The maximum Gasteiger partial charge on any atom is 0.269 e. The molecule has 11 nitrogen and oxygen atoms in total. The number of sulfonamides is 1. The Morgan fingerprint density at radius 3 is 2.12 bits per heavy atom. The highest BCUT2D eigenvalue weighted by Gasteiger charge is 2.43. The number of rotatable bonds is 7. The molecule has 0 spiro atoms. The molecule has 4 aromatic rings. The zero-order chi connectivity index (χ0) is 29.8. The fraction of sp³-hybridized carbons (Fsp3) is 0.233. The van der Waals surface area contributed by atoms with Gasteiger partial charge in [-0.3, -0.25) is 24.6 Å². The molecule has 0 N–H and O–H groups in total. The van der Waals surface area contributed by atoms with E-state index in [1.165, 1.54) is 22.0 Å². The number of nitro benzene ring substituents is 1. The van der Waals surface area contributed by atoms with E-state index < -0.39 is 32.8 Å². The Morgan fingerprint density at radius 1 is 0.929 bits per heavy atom. The van der Waals surface area contributed by atoms with Gasteiger partial charge in [0.2, 0.25) is 10.0 Å². The van der Waals surface area contributed by atoms with Crippen LogP contribution >= 0.6 is 0 Å². The molecule has 0 aliphatic carbocycles. The van der Waals surface area contributed by atoms with Gasteiger partial charge in [0.25, 0.3) is 17.5 Å². The zero-order valence-electron chi connectivity index (χ0n) is 22.9. The number of aromatic nitrogens is 2. The number of imide groups is 1. The van der Waals surface area contributed by atoms with Crippen molar-refractivity contribution in [2.75, 3.05) is 13.1 Å². The molecule has 0 bridgehead atoms. The maximum absolute atomic E-state index is 14.0. The minimum Gasteiger partial charge on any atom is -0.325 e. The number of hydrogen-bond acceptors (Lipinski definition) is 7. The lowest BCUT2D eigenvalue weighted by Gasteiger charge is -2.37. The molecule has 0 saturated carbocycles. The van der Waals surface area contributed by atoms with E-state index in [-0.39, 0.29) is 41.3 Å². The lowest BCUT2D eigenvalue weighted by atomic mass is 10.0. The van der Waals surface area contributed by atoms with E-state index in [0.717, 1.165) is 22.6 Å². The molecular weight excluding hydrogens is 558 g/mol. The van der Waals surface area contributed by atoms with Crippen LogP contribution in [-0.2, 0) is 16.6 Å². The Morgan fingerprint density at radius 2 is 1.55 bits per heavy atom. The van der Waals surface area contributed by atoms with E-state index in [2.05, 4.69) is 18.8 Å². The number of non-ortho nitro benzene ring substituents is 1. The van der Waals surface area contributed by atoms with Gasteiger partial charge in [0, 0.05) is 30.8 Å². The molecule has 1 atom stereocenters. The summed E-state index contributed by atoms with van der Waals surface area (Å²) in [7, 11) is -4.19. The van der Waals surface area contributed by atoms with Crippen molar-refractivity contribution in [1.82, 2.24) is 18.8 Å². The van der Waals surface area contributed by atoms with Gasteiger partial charge in [0.15, 0.2) is 0 Å².